The van der Waals surface area contributed by atoms with Crippen molar-refractivity contribution in [3.63, 3.8) is 0 Å². The molecule has 0 aliphatic rings. The van der Waals surface area contributed by atoms with Gasteiger partial charge in [-0.25, -0.2) is 0 Å². The summed E-state index contributed by atoms with van der Waals surface area (Å²) in [7, 11) is 0. The monoisotopic (exact) mass is 304 g/mol. The molecule has 94 valence electrons. The van der Waals surface area contributed by atoms with E-state index in [-0.39, 0.29) is 6.04 Å². The van der Waals surface area contributed by atoms with Crippen LogP contribution in [0.1, 0.15) is 17.7 Å². The third-order valence-electron chi connectivity index (χ3n) is 2.91. The number of aromatic nitrogens is 1. The van der Waals surface area contributed by atoms with E-state index in [2.05, 4.69) is 45.2 Å². The van der Waals surface area contributed by atoms with E-state index < -0.39 is 0 Å². The molecule has 1 atom stereocenters. The molecule has 2 aromatic rings. The van der Waals surface area contributed by atoms with Crippen LogP contribution in [0.25, 0.3) is 0 Å². The van der Waals surface area contributed by atoms with Gasteiger partial charge in [-0.3, -0.25) is 4.98 Å². The second-order valence-electron chi connectivity index (χ2n) is 4.46. The number of pyridine rings is 1. The van der Waals surface area contributed by atoms with E-state index in [1.165, 1.54) is 5.56 Å². The molecule has 18 heavy (non-hydrogen) atoms. The number of aryl methyl sites for hydroxylation is 1. The normalized spacial score (nSPS) is 12.3. The third-order valence-corrected chi connectivity index (χ3v) is 3.38. The Balaban J connectivity index is 1.82. The fourth-order valence-electron chi connectivity index (χ4n) is 1.89. The van der Waals surface area contributed by atoms with Crippen molar-refractivity contribution in [3.05, 3.63) is 64.4 Å². The van der Waals surface area contributed by atoms with Crippen LogP contribution >= 0.6 is 15.9 Å². The molecule has 2 N–H and O–H groups in total. The van der Waals surface area contributed by atoms with Crippen LogP contribution in [0.4, 0.5) is 0 Å². The van der Waals surface area contributed by atoms with Gasteiger partial charge in [-0.05, 0) is 46.5 Å². The second kappa shape index (κ2) is 6.66. The fraction of sp³-hybridized carbons (Fsp3) is 0.267. The Morgan fingerprint density at radius 1 is 1.11 bits per heavy atom. The molecule has 3 heteroatoms. The van der Waals surface area contributed by atoms with Gasteiger partial charge < -0.3 is 5.73 Å². The predicted octanol–water partition coefficient (Wildman–Crippen LogP) is 3.35. The van der Waals surface area contributed by atoms with Gasteiger partial charge in [-0.1, -0.05) is 30.3 Å². The number of hydrogen-bond donors (Lipinski definition) is 1. The topological polar surface area (TPSA) is 38.9 Å². The summed E-state index contributed by atoms with van der Waals surface area (Å²) in [6.07, 6.45) is 4.67. The van der Waals surface area contributed by atoms with Gasteiger partial charge in [0, 0.05) is 28.8 Å². The summed E-state index contributed by atoms with van der Waals surface area (Å²) in [5.74, 6) is 0. The quantitative estimate of drug-likeness (QED) is 0.920. The molecule has 0 fully saturated rings. The smallest absolute Gasteiger partial charge is 0.0419 e. The van der Waals surface area contributed by atoms with Crippen molar-refractivity contribution >= 4 is 15.9 Å². The molecule has 0 radical (unpaired) electrons. The lowest BCUT2D eigenvalue weighted by atomic mass is 10.0. The summed E-state index contributed by atoms with van der Waals surface area (Å²) in [4.78, 5) is 4.35. The van der Waals surface area contributed by atoms with Crippen molar-refractivity contribution in [1.82, 2.24) is 4.98 Å². The zero-order chi connectivity index (χ0) is 12.8. The van der Waals surface area contributed by atoms with Crippen LogP contribution in [0.2, 0.25) is 0 Å². The van der Waals surface area contributed by atoms with E-state index >= 15 is 0 Å². The van der Waals surface area contributed by atoms with Gasteiger partial charge in [0.05, 0.1) is 0 Å². The highest BCUT2D eigenvalue weighted by Crippen LogP contribution is 2.10. The maximum Gasteiger partial charge on any atom is 0.0419 e. The van der Waals surface area contributed by atoms with E-state index in [1.807, 2.05) is 24.4 Å². The van der Waals surface area contributed by atoms with Gasteiger partial charge >= 0.3 is 0 Å². The zero-order valence-electron chi connectivity index (χ0n) is 10.2. The molecular formula is C15H17BrN2. The van der Waals surface area contributed by atoms with Crippen LogP contribution in [0.15, 0.2) is 53.1 Å². The average Bonchev–Trinajstić information content (AvgIpc) is 2.40. The summed E-state index contributed by atoms with van der Waals surface area (Å²) in [5.41, 5.74) is 8.54. The van der Waals surface area contributed by atoms with Crippen molar-refractivity contribution < 1.29 is 0 Å². The lowest BCUT2D eigenvalue weighted by Gasteiger charge is -2.11. The van der Waals surface area contributed by atoms with Crippen LogP contribution in [-0.4, -0.2) is 11.0 Å². The number of nitrogens with two attached hydrogens (primary N) is 1. The maximum atomic E-state index is 6.14. The van der Waals surface area contributed by atoms with Gasteiger partial charge in [0.2, 0.25) is 0 Å². The molecule has 1 aromatic heterocycles. The largest absolute Gasteiger partial charge is 0.327 e. The Hall–Kier alpha value is -1.19. The standard InChI is InChI=1S/C15H17BrN2/c16-13-7-9-15(18-11-13)10-14(17)8-6-12-4-2-1-3-5-12/h1-5,7,9,11,14H,6,8,10,17H2. The van der Waals surface area contributed by atoms with Crippen LogP contribution in [-0.2, 0) is 12.8 Å². The molecule has 0 bridgehead atoms. The number of benzene rings is 1. The molecule has 0 saturated heterocycles. The second-order valence-corrected chi connectivity index (χ2v) is 5.37. The molecule has 1 unspecified atom stereocenters. The SMILES string of the molecule is NC(CCc1ccccc1)Cc1ccc(Br)cn1. The van der Waals surface area contributed by atoms with E-state index in [1.54, 1.807) is 0 Å². The zero-order valence-corrected chi connectivity index (χ0v) is 11.8. The fourth-order valence-corrected chi connectivity index (χ4v) is 2.13. The molecule has 2 nitrogen and oxygen atoms in total. The molecular weight excluding hydrogens is 288 g/mol. The van der Waals surface area contributed by atoms with E-state index in [0.717, 1.165) is 29.4 Å². The Morgan fingerprint density at radius 3 is 2.56 bits per heavy atom. The van der Waals surface area contributed by atoms with Crippen LogP contribution in [0.3, 0.4) is 0 Å². The first-order valence-electron chi connectivity index (χ1n) is 6.14. The molecule has 0 amide bonds. The van der Waals surface area contributed by atoms with Crippen molar-refractivity contribution in [2.45, 2.75) is 25.3 Å². The van der Waals surface area contributed by atoms with Gasteiger partial charge in [0.1, 0.15) is 0 Å². The number of hydrogen-bond acceptors (Lipinski definition) is 2. The maximum absolute atomic E-state index is 6.14. The summed E-state index contributed by atoms with van der Waals surface area (Å²) in [5, 5.41) is 0. The van der Waals surface area contributed by atoms with E-state index in [9.17, 15) is 0 Å². The van der Waals surface area contributed by atoms with Crippen molar-refractivity contribution in [1.29, 1.82) is 0 Å². The minimum absolute atomic E-state index is 0.166. The lowest BCUT2D eigenvalue weighted by Crippen LogP contribution is -2.24. The summed E-state index contributed by atoms with van der Waals surface area (Å²) >= 11 is 3.38. The number of rotatable bonds is 5. The Labute approximate surface area is 116 Å². The number of halogens is 1. The number of nitrogens with zero attached hydrogens (tertiary/aromatic N) is 1. The lowest BCUT2D eigenvalue weighted by molar-refractivity contribution is 0.603. The molecule has 1 aromatic carbocycles. The van der Waals surface area contributed by atoms with Crippen LogP contribution in [0, 0.1) is 0 Å². The molecule has 0 aliphatic heterocycles. The minimum atomic E-state index is 0.166. The first kappa shape index (κ1) is 13.2. The van der Waals surface area contributed by atoms with E-state index in [4.69, 9.17) is 5.73 Å². The summed E-state index contributed by atoms with van der Waals surface area (Å²) in [6, 6.07) is 14.6. The molecule has 2 rings (SSSR count). The van der Waals surface area contributed by atoms with Crippen LogP contribution < -0.4 is 5.73 Å². The van der Waals surface area contributed by atoms with Gasteiger partial charge in [-0.15, -0.1) is 0 Å². The summed E-state index contributed by atoms with van der Waals surface area (Å²) < 4.78 is 1.00. The van der Waals surface area contributed by atoms with Crippen molar-refractivity contribution in [2.24, 2.45) is 5.73 Å². The Bertz CT molecular complexity index is 468. The highest BCUT2D eigenvalue weighted by molar-refractivity contribution is 9.10. The highest BCUT2D eigenvalue weighted by Gasteiger charge is 2.05. The van der Waals surface area contributed by atoms with Crippen LogP contribution in [0.5, 0.6) is 0 Å². The molecule has 0 saturated carbocycles. The minimum Gasteiger partial charge on any atom is -0.327 e. The highest BCUT2D eigenvalue weighted by atomic mass is 79.9. The average molecular weight is 305 g/mol. The van der Waals surface area contributed by atoms with Gasteiger partial charge in [-0.2, -0.15) is 0 Å². The Kier molecular flexibility index (Phi) is 4.90. The van der Waals surface area contributed by atoms with Crippen molar-refractivity contribution in [3.8, 4) is 0 Å². The summed E-state index contributed by atoms with van der Waals surface area (Å²) in [6.45, 7) is 0. The molecule has 0 spiro atoms. The Morgan fingerprint density at radius 2 is 1.89 bits per heavy atom. The predicted molar refractivity (Wildman–Crippen MR) is 78.4 cm³/mol. The van der Waals surface area contributed by atoms with E-state index in [0.29, 0.717) is 0 Å². The third kappa shape index (κ3) is 4.24. The van der Waals surface area contributed by atoms with Gasteiger partial charge in [0.25, 0.3) is 0 Å². The first-order chi connectivity index (χ1) is 8.74. The molecule has 0 aliphatic carbocycles. The van der Waals surface area contributed by atoms with Gasteiger partial charge in [0.15, 0.2) is 0 Å². The molecule has 1 heterocycles. The first-order valence-corrected chi connectivity index (χ1v) is 6.93. The van der Waals surface area contributed by atoms with Crippen molar-refractivity contribution in [2.75, 3.05) is 0 Å².